The average molecular weight is 598 g/mol. The van der Waals surface area contributed by atoms with E-state index in [1.165, 1.54) is 25.0 Å². The van der Waals surface area contributed by atoms with Crippen LogP contribution in [0.5, 0.6) is 11.5 Å². The first-order valence-electron chi connectivity index (χ1n) is 14.8. The molecular weight excluding hydrogens is 558 g/mol. The standard InChI is InChI=1S/C35H39N3O4S/c1-26(2)14-8-4-5-13-23-42-34-25-33-31(24-32(34)37-43(39,40)30-21-19-29(41-3)20-22-30)36-35(27-15-9-6-10-16-27)38(33)28-17-11-7-12-18-28/h6-7,9-12,15-22,24-26,37H,4-5,8,13-14,23H2,1-3H3. The lowest BCUT2D eigenvalue weighted by Crippen LogP contribution is -2.14. The van der Waals surface area contributed by atoms with E-state index in [0.29, 0.717) is 35.2 Å². The van der Waals surface area contributed by atoms with Crippen LogP contribution in [0.3, 0.4) is 0 Å². The van der Waals surface area contributed by atoms with Crippen LogP contribution in [0.2, 0.25) is 0 Å². The highest BCUT2D eigenvalue weighted by Gasteiger charge is 2.21. The zero-order valence-corrected chi connectivity index (χ0v) is 25.8. The number of rotatable bonds is 14. The number of unbranched alkanes of at least 4 members (excludes halogenated alkanes) is 3. The molecule has 43 heavy (non-hydrogen) atoms. The van der Waals surface area contributed by atoms with Crippen LogP contribution < -0.4 is 14.2 Å². The van der Waals surface area contributed by atoms with E-state index < -0.39 is 10.0 Å². The molecule has 224 valence electrons. The lowest BCUT2D eigenvalue weighted by Gasteiger charge is -2.15. The molecule has 0 spiro atoms. The lowest BCUT2D eigenvalue weighted by atomic mass is 10.0. The van der Waals surface area contributed by atoms with Crippen molar-refractivity contribution in [1.82, 2.24) is 9.55 Å². The van der Waals surface area contributed by atoms with Gasteiger partial charge in [0.1, 0.15) is 17.3 Å². The summed E-state index contributed by atoms with van der Waals surface area (Å²) in [6.07, 6.45) is 5.52. The molecule has 1 aromatic heterocycles. The molecule has 0 fully saturated rings. The highest BCUT2D eigenvalue weighted by Crippen LogP contribution is 2.36. The largest absolute Gasteiger partial charge is 0.497 e. The molecule has 0 aliphatic carbocycles. The molecule has 0 saturated carbocycles. The van der Waals surface area contributed by atoms with Crippen LogP contribution in [0.1, 0.15) is 46.0 Å². The van der Waals surface area contributed by atoms with Crippen molar-refractivity contribution in [2.24, 2.45) is 5.92 Å². The summed E-state index contributed by atoms with van der Waals surface area (Å²) in [7, 11) is -2.36. The Morgan fingerprint density at radius 2 is 1.51 bits per heavy atom. The molecule has 1 N–H and O–H groups in total. The van der Waals surface area contributed by atoms with Crippen molar-refractivity contribution in [3.63, 3.8) is 0 Å². The summed E-state index contributed by atoms with van der Waals surface area (Å²) in [5, 5.41) is 0. The van der Waals surface area contributed by atoms with E-state index in [0.717, 1.165) is 41.9 Å². The quantitative estimate of drug-likeness (QED) is 0.130. The summed E-state index contributed by atoms with van der Waals surface area (Å²) < 4.78 is 43.3. The number of para-hydroxylation sites is 1. The van der Waals surface area contributed by atoms with Gasteiger partial charge in [-0.2, -0.15) is 0 Å². The van der Waals surface area contributed by atoms with Crippen molar-refractivity contribution in [3.8, 4) is 28.6 Å². The molecule has 0 unspecified atom stereocenters. The van der Waals surface area contributed by atoms with Crippen LogP contribution in [0.15, 0.2) is 102 Å². The normalized spacial score (nSPS) is 11.6. The van der Waals surface area contributed by atoms with E-state index >= 15 is 0 Å². The highest BCUT2D eigenvalue weighted by molar-refractivity contribution is 7.92. The Kier molecular flexibility index (Phi) is 9.67. The van der Waals surface area contributed by atoms with E-state index in [9.17, 15) is 8.42 Å². The number of nitrogens with one attached hydrogen (secondary N) is 1. The van der Waals surface area contributed by atoms with Crippen LogP contribution in [-0.4, -0.2) is 31.7 Å². The summed E-state index contributed by atoms with van der Waals surface area (Å²) in [5.41, 5.74) is 3.72. The molecule has 0 bridgehead atoms. The van der Waals surface area contributed by atoms with Crippen LogP contribution in [0.25, 0.3) is 28.1 Å². The molecule has 0 amide bonds. The maximum Gasteiger partial charge on any atom is 0.262 e. The SMILES string of the molecule is COc1ccc(S(=O)(=O)Nc2cc3nc(-c4ccccc4)n(-c4ccccc4)c3cc2OCCCCCCC(C)C)cc1. The molecule has 5 aromatic rings. The summed E-state index contributed by atoms with van der Waals surface area (Å²) in [6, 6.07) is 30.0. The van der Waals surface area contributed by atoms with Gasteiger partial charge in [0.25, 0.3) is 10.0 Å². The van der Waals surface area contributed by atoms with Crippen LogP contribution >= 0.6 is 0 Å². The Bertz CT molecular complexity index is 1730. The summed E-state index contributed by atoms with van der Waals surface area (Å²) in [4.78, 5) is 5.12. The fraction of sp³-hybridized carbons (Fsp3) is 0.286. The number of methoxy groups -OCH3 is 1. The van der Waals surface area contributed by atoms with Gasteiger partial charge in [0.2, 0.25) is 0 Å². The first-order valence-corrected chi connectivity index (χ1v) is 16.3. The fourth-order valence-electron chi connectivity index (χ4n) is 5.07. The van der Waals surface area contributed by atoms with E-state index in [1.54, 1.807) is 25.3 Å². The topological polar surface area (TPSA) is 82.5 Å². The number of imidazole rings is 1. The van der Waals surface area contributed by atoms with Gasteiger partial charge in [-0.15, -0.1) is 0 Å². The maximum atomic E-state index is 13.5. The number of hydrogen-bond donors (Lipinski definition) is 1. The van der Waals surface area contributed by atoms with Gasteiger partial charge in [0.15, 0.2) is 0 Å². The molecule has 0 aliphatic rings. The zero-order valence-electron chi connectivity index (χ0n) is 25.0. The summed E-state index contributed by atoms with van der Waals surface area (Å²) in [5.74, 6) is 2.51. The third-order valence-corrected chi connectivity index (χ3v) is 8.73. The van der Waals surface area contributed by atoms with Gasteiger partial charge >= 0.3 is 0 Å². The number of aromatic nitrogens is 2. The molecule has 5 rings (SSSR count). The predicted molar refractivity (Wildman–Crippen MR) is 174 cm³/mol. The maximum absolute atomic E-state index is 13.5. The number of sulfonamides is 1. The minimum Gasteiger partial charge on any atom is -0.497 e. The second-order valence-electron chi connectivity index (χ2n) is 11.0. The summed E-state index contributed by atoms with van der Waals surface area (Å²) in [6.45, 7) is 4.98. The first-order chi connectivity index (χ1) is 20.9. The first kappa shape index (κ1) is 30.2. The monoisotopic (exact) mass is 597 g/mol. The van der Waals surface area contributed by atoms with E-state index in [4.69, 9.17) is 14.5 Å². The number of hydrogen-bond acceptors (Lipinski definition) is 5. The number of benzene rings is 4. The Labute approximate surface area is 254 Å². The molecule has 4 aromatic carbocycles. The van der Waals surface area contributed by atoms with Crippen molar-refractivity contribution in [3.05, 3.63) is 97.1 Å². The van der Waals surface area contributed by atoms with Gasteiger partial charge in [-0.05, 0) is 54.8 Å². The van der Waals surface area contributed by atoms with Crippen molar-refractivity contribution >= 4 is 26.7 Å². The molecular formula is C35H39N3O4S. The molecule has 7 nitrogen and oxygen atoms in total. The van der Waals surface area contributed by atoms with Crippen molar-refractivity contribution in [2.75, 3.05) is 18.4 Å². The number of ether oxygens (including phenoxy) is 2. The molecule has 0 aliphatic heterocycles. The van der Waals surface area contributed by atoms with Crippen LogP contribution in [-0.2, 0) is 10.0 Å². The Morgan fingerprint density at radius 3 is 2.19 bits per heavy atom. The van der Waals surface area contributed by atoms with E-state index in [2.05, 4.69) is 23.1 Å². The third kappa shape index (κ3) is 7.38. The Balaban J connectivity index is 1.54. The number of nitrogens with zero attached hydrogens (tertiary/aromatic N) is 2. The van der Waals surface area contributed by atoms with E-state index in [-0.39, 0.29) is 4.90 Å². The van der Waals surface area contributed by atoms with Crippen molar-refractivity contribution in [2.45, 2.75) is 50.8 Å². The molecule has 0 radical (unpaired) electrons. The Morgan fingerprint density at radius 1 is 0.837 bits per heavy atom. The molecule has 0 atom stereocenters. The van der Waals surface area contributed by atoms with Gasteiger partial charge in [0, 0.05) is 17.3 Å². The summed E-state index contributed by atoms with van der Waals surface area (Å²) >= 11 is 0. The van der Waals surface area contributed by atoms with Gasteiger partial charge in [0.05, 0.1) is 35.3 Å². The second kappa shape index (κ2) is 13.8. The molecule has 1 heterocycles. The fourth-order valence-corrected chi connectivity index (χ4v) is 6.13. The minimum absolute atomic E-state index is 0.129. The Hall–Kier alpha value is -4.30. The van der Waals surface area contributed by atoms with Crippen LogP contribution in [0.4, 0.5) is 5.69 Å². The lowest BCUT2D eigenvalue weighted by molar-refractivity contribution is 0.305. The van der Waals surface area contributed by atoms with Crippen molar-refractivity contribution < 1.29 is 17.9 Å². The highest BCUT2D eigenvalue weighted by atomic mass is 32.2. The van der Waals surface area contributed by atoms with Crippen LogP contribution in [0, 0.1) is 5.92 Å². The van der Waals surface area contributed by atoms with Gasteiger partial charge in [-0.25, -0.2) is 13.4 Å². The minimum atomic E-state index is -3.91. The number of fused-ring (bicyclic) bond motifs is 1. The van der Waals surface area contributed by atoms with Gasteiger partial charge < -0.3 is 9.47 Å². The zero-order chi connectivity index (χ0) is 30.2. The van der Waals surface area contributed by atoms with Gasteiger partial charge in [-0.1, -0.05) is 88.1 Å². The van der Waals surface area contributed by atoms with Crippen molar-refractivity contribution in [1.29, 1.82) is 0 Å². The average Bonchev–Trinajstić information content (AvgIpc) is 3.39. The predicted octanol–water partition coefficient (Wildman–Crippen LogP) is 8.49. The van der Waals surface area contributed by atoms with E-state index in [1.807, 2.05) is 66.7 Å². The van der Waals surface area contributed by atoms with Gasteiger partial charge in [-0.3, -0.25) is 9.29 Å². The molecule has 8 heteroatoms. The number of anilines is 1. The molecule has 0 saturated heterocycles. The third-order valence-electron chi connectivity index (χ3n) is 7.35. The smallest absolute Gasteiger partial charge is 0.262 e. The second-order valence-corrected chi connectivity index (χ2v) is 12.7.